The van der Waals surface area contributed by atoms with Crippen LogP contribution in [0.2, 0.25) is 0 Å². The predicted molar refractivity (Wildman–Crippen MR) is 149 cm³/mol. The van der Waals surface area contributed by atoms with Gasteiger partial charge in [-0.05, 0) is 45.1 Å². The molecule has 220 valence electrons. The molecule has 0 aromatic carbocycles. The second-order valence-corrected chi connectivity index (χ2v) is 8.73. The third kappa shape index (κ3) is 20.5. The van der Waals surface area contributed by atoms with Crippen LogP contribution in [0.1, 0.15) is 44.9 Å². The van der Waals surface area contributed by atoms with E-state index < -0.39 is 30.2 Å². The number of aliphatic imine (C=N–C) groups is 2. The van der Waals surface area contributed by atoms with Crippen molar-refractivity contribution < 1.29 is 14.4 Å². The first-order chi connectivity index (χ1) is 18.1. The molecule has 19 N–H and O–H groups in total. The van der Waals surface area contributed by atoms with Gasteiger partial charge in [-0.15, -0.1) is 0 Å². The van der Waals surface area contributed by atoms with E-state index in [0.29, 0.717) is 51.9 Å². The van der Waals surface area contributed by atoms with Crippen LogP contribution in [0.5, 0.6) is 0 Å². The maximum Gasteiger partial charge on any atom is 0.315 e. The molecule has 0 saturated heterocycles. The quantitative estimate of drug-likeness (QED) is 0.0411. The molecule has 17 heteroatoms. The van der Waals surface area contributed by atoms with E-state index in [1.807, 2.05) is 0 Å². The number of nitrogens with zero attached hydrogens (tertiary/aromatic N) is 2. The summed E-state index contributed by atoms with van der Waals surface area (Å²) in [6, 6.07) is -2.63. The Morgan fingerprint density at radius 3 is 1.47 bits per heavy atom. The van der Waals surface area contributed by atoms with Crippen molar-refractivity contribution in [3.8, 4) is 0 Å². The van der Waals surface area contributed by atoms with Crippen LogP contribution >= 0.6 is 0 Å². The van der Waals surface area contributed by atoms with E-state index in [9.17, 15) is 14.4 Å². The topological polar surface area (TPSA) is 318 Å². The van der Waals surface area contributed by atoms with E-state index in [-0.39, 0.29) is 31.1 Å². The van der Waals surface area contributed by atoms with Crippen molar-refractivity contribution in [1.29, 1.82) is 0 Å². The molecule has 0 aromatic heterocycles. The first-order valence-corrected chi connectivity index (χ1v) is 12.7. The summed E-state index contributed by atoms with van der Waals surface area (Å²) in [4.78, 5) is 44.1. The standard InChI is InChI=1S/C21H48N14O3/c22-8-2-1-5-14(11-23)34-20(37)32-13-16(7-4-10-30-18(26)27)35-21(38)31-12-15(33-19(28)36)6-3-9-29-17(24)25/h14-16H,1-13,22-23H2,(H4,24,25,29)(H4,26,27,30)(H3,28,33,36)(H2,31,35,38)(H2,32,34,37). The Labute approximate surface area is 223 Å². The highest BCUT2D eigenvalue weighted by Gasteiger charge is 2.17. The molecule has 0 heterocycles. The molecular formula is C21H48N14O3. The number of nitrogens with one attached hydrogen (secondary N) is 5. The first-order valence-electron chi connectivity index (χ1n) is 12.7. The van der Waals surface area contributed by atoms with Gasteiger partial charge in [-0.1, -0.05) is 6.42 Å². The van der Waals surface area contributed by atoms with E-state index in [0.717, 1.165) is 19.3 Å². The number of hydrogen-bond donors (Lipinski definition) is 12. The van der Waals surface area contributed by atoms with Gasteiger partial charge in [0.2, 0.25) is 0 Å². The number of hydrogen-bond acceptors (Lipinski definition) is 7. The lowest BCUT2D eigenvalue weighted by molar-refractivity contribution is 0.227. The van der Waals surface area contributed by atoms with Crippen LogP contribution in [0.25, 0.3) is 0 Å². The molecule has 0 fully saturated rings. The Kier molecular flexibility index (Phi) is 19.3. The molecule has 0 aliphatic carbocycles. The Balaban J connectivity index is 4.88. The summed E-state index contributed by atoms with van der Waals surface area (Å²) in [5, 5.41) is 13.7. The second-order valence-electron chi connectivity index (χ2n) is 8.73. The van der Waals surface area contributed by atoms with E-state index in [4.69, 9.17) is 40.1 Å². The second kappa shape index (κ2) is 21.4. The van der Waals surface area contributed by atoms with Crippen molar-refractivity contribution in [2.24, 2.45) is 50.1 Å². The number of rotatable bonds is 20. The summed E-state index contributed by atoms with van der Waals surface area (Å²) in [5.41, 5.74) is 37.8. The zero-order valence-electron chi connectivity index (χ0n) is 22.1. The van der Waals surface area contributed by atoms with Gasteiger partial charge in [0.25, 0.3) is 0 Å². The van der Waals surface area contributed by atoms with Crippen molar-refractivity contribution in [2.75, 3.05) is 39.3 Å². The average Bonchev–Trinajstić information content (AvgIpc) is 2.84. The minimum absolute atomic E-state index is 0.0276. The van der Waals surface area contributed by atoms with E-state index in [1.165, 1.54) is 0 Å². The van der Waals surface area contributed by atoms with E-state index in [1.54, 1.807) is 0 Å². The van der Waals surface area contributed by atoms with Crippen LogP contribution in [0, 0.1) is 0 Å². The van der Waals surface area contributed by atoms with Crippen LogP contribution < -0.4 is 66.7 Å². The molecule has 0 rings (SSSR count). The maximum atomic E-state index is 12.6. The highest BCUT2D eigenvalue weighted by Crippen LogP contribution is 2.01. The summed E-state index contributed by atoms with van der Waals surface area (Å²) in [7, 11) is 0. The molecule has 0 aliphatic rings. The van der Waals surface area contributed by atoms with Gasteiger partial charge >= 0.3 is 18.1 Å². The number of guanidine groups is 2. The van der Waals surface area contributed by atoms with Gasteiger partial charge in [0.1, 0.15) is 0 Å². The molecule has 38 heavy (non-hydrogen) atoms. The van der Waals surface area contributed by atoms with E-state index >= 15 is 0 Å². The van der Waals surface area contributed by atoms with Crippen molar-refractivity contribution in [2.45, 2.75) is 63.1 Å². The molecule has 0 aliphatic heterocycles. The molecule has 17 nitrogen and oxygen atoms in total. The highest BCUT2D eigenvalue weighted by atomic mass is 16.2. The number of unbranched alkanes of at least 4 members (excludes halogenated alkanes) is 1. The summed E-state index contributed by atoms with van der Waals surface area (Å²) >= 11 is 0. The molecule has 0 spiro atoms. The first kappa shape index (κ1) is 34.3. The van der Waals surface area contributed by atoms with Gasteiger partial charge in [0.05, 0.1) is 0 Å². The molecule has 0 aromatic rings. The Morgan fingerprint density at radius 2 is 1.05 bits per heavy atom. The monoisotopic (exact) mass is 544 g/mol. The maximum absolute atomic E-state index is 12.6. The van der Waals surface area contributed by atoms with Gasteiger partial charge in [-0.25, -0.2) is 14.4 Å². The fraction of sp³-hybridized carbons (Fsp3) is 0.762. The fourth-order valence-corrected chi connectivity index (χ4v) is 3.43. The number of primary amides is 1. The van der Waals surface area contributed by atoms with E-state index in [2.05, 4.69) is 36.6 Å². The third-order valence-corrected chi connectivity index (χ3v) is 5.34. The smallest absolute Gasteiger partial charge is 0.315 e. The van der Waals surface area contributed by atoms with Crippen LogP contribution in [-0.4, -0.2) is 87.4 Å². The van der Waals surface area contributed by atoms with Crippen molar-refractivity contribution >= 4 is 30.0 Å². The van der Waals surface area contributed by atoms with Crippen LogP contribution in [0.3, 0.4) is 0 Å². The average molecular weight is 545 g/mol. The van der Waals surface area contributed by atoms with Crippen LogP contribution in [0.15, 0.2) is 9.98 Å². The summed E-state index contributed by atoms with van der Waals surface area (Å²) < 4.78 is 0. The van der Waals surface area contributed by atoms with Crippen molar-refractivity contribution in [3.63, 3.8) is 0 Å². The minimum atomic E-state index is -0.717. The molecule has 0 bridgehead atoms. The lowest BCUT2D eigenvalue weighted by Crippen LogP contribution is -2.53. The number of carbonyl (C=O) groups is 3. The highest BCUT2D eigenvalue weighted by molar-refractivity contribution is 5.76. The van der Waals surface area contributed by atoms with Crippen LogP contribution in [-0.2, 0) is 0 Å². The van der Waals surface area contributed by atoms with Gasteiger partial charge in [0.15, 0.2) is 11.9 Å². The fourth-order valence-electron chi connectivity index (χ4n) is 3.43. The van der Waals surface area contributed by atoms with Gasteiger partial charge in [-0.2, -0.15) is 0 Å². The van der Waals surface area contributed by atoms with Gasteiger partial charge in [0, 0.05) is 50.8 Å². The lowest BCUT2D eigenvalue weighted by Gasteiger charge is -2.23. The van der Waals surface area contributed by atoms with Gasteiger partial charge < -0.3 is 66.7 Å². The third-order valence-electron chi connectivity index (χ3n) is 5.34. The molecular weight excluding hydrogens is 496 g/mol. The number of nitrogens with two attached hydrogens (primary N) is 7. The molecule has 6 amide bonds. The van der Waals surface area contributed by atoms with Crippen LogP contribution in [0.4, 0.5) is 14.4 Å². The molecule has 3 atom stereocenters. The lowest BCUT2D eigenvalue weighted by atomic mass is 10.1. The summed E-state index contributed by atoms with van der Waals surface area (Å²) in [6.07, 6.45) is 4.52. The molecule has 0 radical (unpaired) electrons. The van der Waals surface area contributed by atoms with Crippen molar-refractivity contribution in [1.82, 2.24) is 26.6 Å². The largest absolute Gasteiger partial charge is 0.370 e. The summed E-state index contributed by atoms with van der Waals surface area (Å²) in [6.45, 7) is 1.89. The zero-order chi connectivity index (χ0) is 28.8. The number of urea groups is 3. The SMILES string of the molecule is NCCCCC(CN)NC(=O)NCC(CCCN=C(N)N)NC(=O)NCC(CCCN=C(N)N)NC(N)=O. The molecule has 3 unspecified atom stereocenters. The molecule has 0 saturated carbocycles. The summed E-state index contributed by atoms with van der Waals surface area (Å²) in [5.74, 6) is -0.0553. The normalized spacial score (nSPS) is 12.8. The number of carbonyl (C=O) groups excluding carboxylic acids is 3. The van der Waals surface area contributed by atoms with Crippen molar-refractivity contribution in [3.05, 3.63) is 0 Å². The Morgan fingerprint density at radius 1 is 0.605 bits per heavy atom. The van der Waals surface area contributed by atoms with Gasteiger partial charge in [-0.3, -0.25) is 9.98 Å². The predicted octanol–water partition coefficient (Wildman–Crippen LogP) is -3.45. The minimum Gasteiger partial charge on any atom is -0.370 e. The Hall–Kier alpha value is -3.73. The Bertz CT molecular complexity index is 741. The zero-order valence-corrected chi connectivity index (χ0v) is 22.1. The number of amides is 6.